The second-order valence-corrected chi connectivity index (χ2v) is 5.87. The summed E-state index contributed by atoms with van der Waals surface area (Å²) in [5.74, 6) is 0.0410. The van der Waals surface area contributed by atoms with Gasteiger partial charge in [-0.05, 0) is 36.0 Å². The zero-order chi connectivity index (χ0) is 17.7. The van der Waals surface area contributed by atoms with E-state index in [1.54, 1.807) is 0 Å². The number of hydrogen-bond donors (Lipinski definition) is 1. The second kappa shape index (κ2) is 8.04. The fraction of sp³-hybridized carbons (Fsp3) is 0.444. The van der Waals surface area contributed by atoms with Crippen LogP contribution < -0.4 is 5.32 Å². The molecule has 1 amide bonds. The molecule has 0 fully saturated rings. The zero-order valence-electron chi connectivity index (χ0n) is 14.2. The molecule has 1 N–H and O–H groups in total. The summed E-state index contributed by atoms with van der Waals surface area (Å²) in [5.41, 5.74) is 2.24. The Kier molecular flexibility index (Phi) is 6.06. The maximum Gasteiger partial charge on any atom is 0.333 e. The quantitative estimate of drug-likeness (QED) is 0.799. The monoisotopic (exact) mass is 335 g/mol. The fourth-order valence-corrected chi connectivity index (χ4v) is 2.51. The average molecular weight is 335 g/mol. The Morgan fingerprint density at radius 1 is 1.12 bits per heavy atom. The Morgan fingerprint density at radius 3 is 2.25 bits per heavy atom. The van der Waals surface area contributed by atoms with Gasteiger partial charge in [-0.2, -0.15) is 13.9 Å². The topological polar surface area (TPSA) is 46.9 Å². The predicted molar refractivity (Wildman–Crippen MR) is 89.1 cm³/mol. The van der Waals surface area contributed by atoms with E-state index >= 15 is 0 Å². The van der Waals surface area contributed by atoms with Crippen molar-refractivity contribution in [3.8, 4) is 0 Å². The van der Waals surface area contributed by atoms with Gasteiger partial charge in [0.05, 0.1) is 6.04 Å². The molecule has 0 radical (unpaired) electrons. The molecule has 24 heavy (non-hydrogen) atoms. The molecule has 130 valence electrons. The van der Waals surface area contributed by atoms with Crippen molar-refractivity contribution in [3.05, 3.63) is 53.3 Å². The van der Waals surface area contributed by atoms with Crippen molar-refractivity contribution in [2.45, 2.75) is 52.1 Å². The van der Waals surface area contributed by atoms with Crippen LogP contribution in [0.2, 0.25) is 0 Å². The average Bonchev–Trinajstić information content (AvgIpc) is 3.09. The molecule has 2 aromatic rings. The largest absolute Gasteiger partial charge is 0.344 e. The predicted octanol–water partition coefficient (Wildman–Crippen LogP) is 4.67. The van der Waals surface area contributed by atoms with Crippen molar-refractivity contribution in [1.82, 2.24) is 15.1 Å². The Bertz CT molecular complexity index is 667. The summed E-state index contributed by atoms with van der Waals surface area (Å²) in [5, 5.41) is 6.45. The molecule has 1 heterocycles. The highest BCUT2D eigenvalue weighted by Crippen LogP contribution is 2.23. The van der Waals surface area contributed by atoms with Gasteiger partial charge in [0.2, 0.25) is 0 Å². The van der Waals surface area contributed by atoms with Gasteiger partial charge in [-0.15, -0.1) is 0 Å². The lowest BCUT2D eigenvalue weighted by Gasteiger charge is -2.18. The molecule has 2 rings (SSSR count). The zero-order valence-corrected chi connectivity index (χ0v) is 14.2. The third-order valence-corrected chi connectivity index (χ3v) is 4.27. The highest BCUT2D eigenvalue weighted by Gasteiger charge is 2.18. The van der Waals surface area contributed by atoms with Crippen molar-refractivity contribution in [2.24, 2.45) is 0 Å². The number of nitrogens with zero attached hydrogens (tertiary/aromatic N) is 2. The number of carbonyl (C=O) groups excluding carboxylic acids is 1. The number of amides is 1. The third-order valence-electron chi connectivity index (χ3n) is 4.27. The van der Waals surface area contributed by atoms with Crippen LogP contribution in [0.3, 0.4) is 0 Å². The number of nitrogens with one attached hydrogen (secondary N) is 1. The molecule has 0 aliphatic carbocycles. The van der Waals surface area contributed by atoms with E-state index in [4.69, 9.17) is 0 Å². The van der Waals surface area contributed by atoms with Crippen molar-refractivity contribution in [2.75, 3.05) is 0 Å². The maximum absolute atomic E-state index is 12.5. The molecule has 0 aliphatic heterocycles. The van der Waals surface area contributed by atoms with Gasteiger partial charge >= 0.3 is 6.55 Å². The molecule has 0 saturated heterocycles. The van der Waals surface area contributed by atoms with Crippen molar-refractivity contribution < 1.29 is 13.6 Å². The standard InChI is InChI=1S/C18H23F2N3O/c1-4-12(3)13-6-8-14(9-7-13)15(5-2)21-17(24)16-10-11-23(22-16)18(19)20/h6-12,15,18H,4-5H2,1-3H3,(H,21,24). The van der Waals surface area contributed by atoms with Crippen LogP contribution in [0.25, 0.3) is 0 Å². The first-order valence-electron chi connectivity index (χ1n) is 8.20. The molecular weight excluding hydrogens is 312 g/mol. The van der Waals surface area contributed by atoms with Crippen molar-refractivity contribution in [1.29, 1.82) is 0 Å². The summed E-state index contributed by atoms with van der Waals surface area (Å²) in [6, 6.07) is 9.27. The summed E-state index contributed by atoms with van der Waals surface area (Å²) in [6.07, 6.45) is 2.87. The maximum atomic E-state index is 12.5. The van der Waals surface area contributed by atoms with Gasteiger partial charge in [0.1, 0.15) is 5.69 Å². The van der Waals surface area contributed by atoms with Gasteiger partial charge in [0.15, 0.2) is 0 Å². The van der Waals surface area contributed by atoms with E-state index in [2.05, 4.69) is 36.4 Å². The molecule has 1 aromatic heterocycles. The molecule has 0 bridgehead atoms. The van der Waals surface area contributed by atoms with Crippen LogP contribution in [0.1, 0.15) is 73.7 Å². The Hall–Kier alpha value is -2.24. The summed E-state index contributed by atoms with van der Waals surface area (Å²) >= 11 is 0. The molecule has 0 spiro atoms. The highest BCUT2D eigenvalue weighted by molar-refractivity contribution is 5.92. The minimum Gasteiger partial charge on any atom is -0.344 e. The number of benzene rings is 1. The smallest absolute Gasteiger partial charge is 0.333 e. The Labute approximate surface area is 140 Å². The molecule has 4 nitrogen and oxygen atoms in total. The van der Waals surface area contributed by atoms with Crippen LogP contribution in [-0.4, -0.2) is 15.7 Å². The molecule has 0 saturated carbocycles. The van der Waals surface area contributed by atoms with Crippen LogP contribution in [0.5, 0.6) is 0 Å². The number of halogens is 2. The highest BCUT2D eigenvalue weighted by atomic mass is 19.3. The number of rotatable bonds is 7. The number of hydrogen-bond acceptors (Lipinski definition) is 2. The SMILES string of the molecule is CCC(C)c1ccc(C(CC)NC(=O)c2ccn(C(F)F)n2)cc1. The van der Waals surface area contributed by atoms with Crippen LogP contribution in [0.4, 0.5) is 8.78 Å². The first-order chi connectivity index (χ1) is 11.5. The summed E-state index contributed by atoms with van der Waals surface area (Å²) < 4.78 is 25.5. The van der Waals surface area contributed by atoms with Crippen molar-refractivity contribution in [3.63, 3.8) is 0 Å². The molecule has 2 unspecified atom stereocenters. The first kappa shape index (κ1) is 18.1. The van der Waals surface area contributed by atoms with Gasteiger partial charge in [-0.3, -0.25) is 4.79 Å². The van der Waals surface area contributed by atoms with Crippen LogP contribution >= 0.6 is 0 Å². The van der Waals surface area contributed by atoms with E-state index in [9.17, 15) is 13.6 Å². The van der Waals surface area contributed by atoms with E-state index < -0.39 is 12.5 Å². The lowest BCUT2D eigenvalue weighted by molar-refractivity contribution is 0.0559. The number of aromatic nitrogens is 2. The molecule has 1 aromatic carbocycles. The minimum absolute atomic E-state index is 0.00928. The summed E-state index contributed by atoms with van der Waals surface area (Å²) in [4.78, 5) is 12.2. The summed E-state index contributed by atoms with van der Waals surface area (Å²) in [6.45, 7) is 3.53. The van der Waals surface area contributed by atoms with E-state index in [-0.39, 0.29) is 11.7 Å². The van der Waals surface area contributed by atoms with Gasteiger partial charge < -0.3 is 5.32 Å². The van der Waals surface area contributed by atoms with Gasteiger partial charge in [-0.25, -0.2) is 4.68 Å². The second-order valence-electron chi connectivity index (χ2n) is 5.87. The number of alkyl halides is 2. The van der Waals surface area contributed by atoms with Crippen LogP contribution in [0.15, 0.2) is 36.5 Å². The minimum atomic E-state index is -2.75. The van der Waals surface area contributed by atoms with Crippen LogP contribution in [-0.2, 0) is 0 Å². The summed E-state index contributed by atoms with van der Waals surface area (Å²) in [7, 11) is 0. The third kappa shape index (κ3) is 4.19. The van der Waals surface area contributed by atoms with E-state index in [0.29, 0.717) is 17.0 Å². The van der Waals surface area contributed by atoms with Crippen LogP contribution in [0, 0.1) is 0 Å². The lowest BCUT2D eigenvalue weighted by Crippen LogP contribution is -2.28. The number of carbonyl (C=O) groups is 1. The normalized spacial score (nSPS) is 13.8. The van der Waals surface area contributed by atoms with E-state index in [1.807, 2.05) is 19.1 Å². The first-order valence-corrected chi connectivity index (χ1v) is 8.20. The van der Waals surface area contributed by atoms with E-state index in [0.717, 1.165) is 18.2 Å². The Balaban J connectivity index is 2.09. The van der Waals surface area contributed by atoms with Gasteiger partial charge in [0.25, 0.3) is 5.91 Å². The molecule has 2 atom stereocenters. The molecule has 6 heteroatoms. The van der Waals surface area contributed by atoms with Gasteiger partial charge in [0, 0.05) is 6.20 Å². The fourth-order valence-electron chi connectivity index (χ4n) is 2.51. The lowest BCUT2D eigenvalue weighted by atomic mass is 9.95. The van der Waals surface area contributed by atoms with Crippen molar-refractivity contribution >= 4 is 5.91 Å². The Morgan fingerprint density at radius 2 is 1.75 bits per heavy atom. The van der Waals surface area contributed by atoms with E-state index in [1.165, 1.54) is 11.6 Å². The molecule has 0 aliphatic rings. The van der Waals surface area contributed by atoms with Gasteiger partial charge in [-0.1, -0.05) is 45.0 Å². The molecular formula is C18H23F2N3O.